The fourth-order valence-electron chi connectivity index (χ4n) is 6.77. The van der Waals surface area contributed by atoms with Crippen molar-refractivity contribution in [2.45, 2.75) is 152 Å². The van der Waals surface area contributed by atoms with Crippen molar-refractivity contribution in [1.82, 2.24) is 0 Å². The molecule has 15 nitrogen and oxygen atoms in total. The second-order valence-corrected chi connectivity index (χ2v) is 14.1. The summed E-state index contributed by atoms with van der Waals surface area (Å²) in [6, 6.07) is -1.08. The molecule has 0 aromatic heterocycles. The van der Waals surface area contributed by atoms with Gasteiger partial charge < -0.3 is 61.1 Å². The first-order valence-electron chi connectivity index (χ1n) is 18.1. The first kappa shape index (κ1) is 43.6. The van der Waals surface area contributed by atoms with E-state index in [2.05, 4.69) is 0 Å². The Bertz CT molecular complexity index is 1290. The molecule has 0 aromatic rings. The number of fused-ring (bicyclic) bond motifs is 2. The first-order chi connectivity index (χ1) is 24.5. The molecule has 2 saturated heterocycles. The van der Waals surface area contributed by atoms with Gasteiger partial charge in [0.25, 0.3) is 0 Å². The number of aliphatic hydroxyl groups excluding tert-OH is 5. The summed E-state index contributed by atoms with van der Waals surface area (Å²) in [6.07, 6.45) is 2.24. The minimum absolute atomic E-state index is 0.00318. The maximum absolute atomic E-state index is 12.8. The van der Waals surface area contributed by atoms with Crippen molar-refractivity contribution in [3.05, 3.63) is 48.6 Å². The first-order valence-corrected chi connectivity index (χ1v) is 18.1. The maximum atomic E-state index is 12.8. The predicted octanol–water partition coefficient (Wildman–Crippen LogP) is 0.323. The third kappa shape index (κ3) is 12.9. The minimum atomic E-state index is -2.10. The molecule has 3 rings (SSSR count). The van der Waals surface area contributed by atoms with Crippen LogP contribution in [0.5, 0.6) is 0 Å². The monoisotopic (exact) mass is 738 g/mol. The molecule has 294 valence electrons. The van der Waals surface area contributed by atoms with E-state index in [0.29, 0.717) is 6.42 Å². The van der Waals surface area contributed by atoms with E-state index in [9.17, 15) is 45.0 Å². The number of rotatable bonds is 4. The van der Waals surface area contributed by atoms with Gasteiger partial charge in [0.1, 0.15) is 18.0 Å². The van der Waals surface area contributed by atoms with Crippen LogP contribution in [-0.2, 0) is 33.3 Å². The number of primary amides is 1. The highest BCUT2D eigenvalue weighted by molar-refractivity contribution is 5.80. The summed E-state index contributed by atoms with van der Waals surface area (Å²) in [5.41, 5.74) is 11.7. The van der Waals surface area contributed by atoms with Gasteiger partial charge in [0.2, 0.25) is 5.91 Å². The highest BCUT2D eigenvalue weighted by Gasteiger charge is 2.50. The second-order valence-electron chi connectivity index (χ2n) is 14.1. The summed E-state index contributed by atoms with van der Waals surface area (Å²) >= 11 is 0. The predicted molar refractivity (Wildman–Crippen MR) is 188 cm³/mol. The van der Waals surface area contributed by atoms with Crippen molar-refractivity contribution in [2.75, 3.05) is 0 Å². The quantitative estimate of drug-likeness (QED) is 0.181. The average Bonchev–Trinajstić information content (AvgIpc) is 3.04. The standard InChI is InChI=1S/C37H58N2O13/c1-4-26-27(42)17-23(40)14-12-15-24(41)19-37(48)20-28(43)30(34(39)46)29(52-37)18-25(51-36-33(45)31(38)32(44)22(3)50-36)16-11-9-7-5-6-8-10-13-21(2)49-35(26)47/h5-11,16,21-22,24-33,36,41-45,48H,4,12-15,17-20,38H2,1-3H3,(H2,39,46). The molecule has 3 aliphatic heterocycles. The number of cyclic esters (lactones) is 1. The van der Waals surface area contributed by atoms with Crippen molar-refractivity contribution in [3.8, 4) is 0 Å². The highest BCUT2D eigenvalue weighted by Crippen LogP contribution is 2.38. The normalized spacial score (nSPS) is 41.0. The number of aliphatic hydroxyl groups is 6. The molecule has 2 fully saturated rings. The summed E-state index contributed by atoms with van der Waals surface area (Å²) in [5, 5.41) is 65.0. The van der Waals surface area contributed by atoms with Gasteiger partial charge in [-0.3, -0.25) is 14.4 Å². The van der Waals surface area contributed by atoms with Crippen LogP contribution in [0.15, 0.2) is 48.6 Å². The SMILES string of the molecule is CCC1C(=O)OC(C)CC=CC=CC=CC=CC(OC2OC(C)C(O)C(N)C2O)CC2OC(O)(CC(O)CCCC(=O)CC1O)CC(O)C2C(N)=O. The molecular formula is C37H58N2O13. The van der Waals surface area contributed by atoms with E-state index in [1.807, 2.05) is 6.08 Å². The summed E-state index contributed by atoms with van der Waals surface area (Å²) in [7, 11) is 0. The van der Waals surface area contributed by atoms with Crippen LogP contribution in [0.1, 0.15) is 78.6 Å². The summed E-state index contributed by atoms with van der Waals surface area (Å²) in [4.78, 5) is 38.0. The van der Waals surface area contributed by atoms with Gasteiger partial charge in [0, 0.05) is 38.5 Å². The molecule has 10 N–H and O–H groups in total. The molecule has 1 amide bonds. The zero-order valence-electron chi connectivity index (χ0n) is 30.2. The fraction of sp³-hybridized carbons (Fsp3) is 0.703. The van der Waals surface area contributed by atoms with Crippen molar-refractivity contribution >= 4 is 17.7 Å². The number of amides is 1. The number of hydrogen-bond acceptors (Lipinski definition) is 14. The highest BCUT2D eigenvalue weighted by atomic mass is 16.7. The minimum Gasteiger partial charge on any atom is -0.462 e. The number of ether oxygens (including phenoxy) is 4. The zero-order chi connectivity index (χ0) is 38.6. The van der Waals surface area contributed by atoms with Gasteiger partial charge in [0.15, 0.2) is 12.1 Å². The molecule has 0 saturated carbocycles. The number of carbonyl (C=O) groups is 3. The number of carbonyl (C=O) groups excluding carboxylic acids is 3. The van der Waals surface area contributed by atoms with Gasteiger partial charge in [-0.2, -0.15) is 0 Å². The lowest BCUT2D eigenvalue weighted by atomic mass is 9.82. The third-order valence-electron chi connectivity index (χ3n) is 9.71. The molecule has 0 aromatic carbocycles. The number of ketones is 1. The molecular weight excluding hydrogens is 680 g/mol. The zero-order valence-corrected chi connectivity index (χ0v) is 30.2. The van der Waals surface area contributed by atoms with Crippen molar-refractivity contribution in [2.24, 2.45) is 23.3 Å². The number of nitrogens with two attached hydrogens (primary N) is 2. The van der Waals surface area contributed by atoms with Crippen LogP contribution in [0.4, 0.5) is 0 Å². The van der Waals surface area contributed by atoms with Crippen LogP contribution in [-0.4, -0.2) is 121 Å². The Hall–Kier alpha value is -2.83. The van der Waals surface area contributed by atoms with Gasteiger partial charge in [-0.15, -0.1) is 0 Å². The average molecular weight is 739 g/mol. The van der Waals surface area contributed by atoms with Crippen molar-refractivity contribution in [1.29, 1.82) is 0 Å². The Morgan fingerprint density at radius 2 is 1.65 bits per heavy atom. The van der Waals surface area contributed by atoms with E-state index in [0.717, 1.165) is 0 Å². The maximum Gasteiger partial charge on any atom is 0.311 e. The van der Waals surface area contributed by atoms with Gasteiger partial charge in [0.05, 0.1) is 60.6 Å². The lowest BCUT2D eigenvalue weighted by Gasteiger charge is -2.45. The molecule has 0 spiro atoms. The summed E-state index contributed by atoms with van der Waals surface area (Å²) < 4.78 is 23.3. The molecule has 14 unspecified atom stereocenters. The van der Waals surface area contributed by atoms with Crippen LogP contribution in [0.3, 0.4) is 0 Å². The smallest absolute Gasteiger partial charge is 0.311 e. The Balaban J connectivity index is 1.88. The third-order valence-corrected chi connectivity index (χ3v) is 9.71. The Kier molecular flexibility index (Phi) is 17.2. The topological polar surface area (TPSA) is 262 Å². The Morgan fingerprint density at radius 1 is 0.981 bits per heavy atom. The number of allylic oxidation sites excluding steroid dienone is 6. The Morgan fingerprint density at radius 3 is 2.33 bits per heavy atom. The van der Waals surface area contributed by atoms with Gasteiger partial charge in [-0.1, -0.05) is 55.5 Å². The van der Waals surface area contributed by atoms with Gasteiger partial charge in [-0.05, 0) is 33.1 Å². The number of esters is 1. The summed E-state index contributed by atoms with van der Waals surface area (Å²) in [6.45, 7) is 5.03. The summed E-state index contributed by atoms with van der Waals surface area (Å²) in [5.74, 6) is -6.04. The fourth-order valence-corrected chi connectivity index (χ4v) is 6.77. The molecule has 0 aliphatic carbocycles. The van der Waals surface area contributed by atoms with E-state index < -0.39 is 103 Å². The lowest BCUT2D eigenvalue weighted by molar-refractivity contribution is -0.306. The van der Waals surface area contributed by atoms with Crippen molar-refractivity contribution < 1.29 is 64.0 Å². The molecule has 15 heteroatoms. The number of Topliss-reactive ketones (excluding diaryl/α,β-unsaturated/α-hetero) is 1. The van der Waals surface area contributed by atoms with Crippen LogP contribution in [0.2, 0.25) is 0 Å². The van der Waals surface area contributed by atoms with Crippen LogP contribution >= 0.6 is 0 Å². The molecule has 0 radical (unpaired) electrons. The molecule has 52 heavy (non-hydrogen) atoms. The second kappa shape index (κ2) is 20.6. The lowest BCUT2D eigenvalue weighted by Crippen LogP contribution is -2.61. The van der Waals surface area contributed by atoms with Crippen LogP contribution in [0, 0.1) is 11.8 Å². The van der Waals surface area contributed by atoms with Gasteiger partial charge >= 0.3 is 5.97 Å². The van der Waals surface area contributed by atoms with Crippen LogP contribution in [0.25, 0.3) is 0 Å². The van der Waals surface area contributed by atoms with E-state index in [-0.39, 0.29) is 50.7 Å². The molecule has 2 bridgehead atoms. The molecule has 14 atom stereocenters. The molecule has 3 heterocycles. The Labute approximate surface area is 304 Å². The van der Waals surface area contributed by atoms with Crippen molar-refractivity contribution in [3.63, 3.8) is 0 Å². The van der Waals surface area contributed by atoms with E-state index in [1.165, 1.54) is 0 Å². The van der Waals surface area contributed by atoms with E-state index in [4.69, 9.17) is 30.4 Å². The van der Waals surface area contributed by atoms with Crippen LogP contribution < -0.4 is 11.5 Å². The van der Waals surface area contributed by atoms with E-state index in [1.54, 1.807) is 63.3 Å². The largest absolute Gasteiger partial charge is 0.462 e. The van der Waals surface area contributed by atoms with E-state index >= 15 is 0 Å². The molecule has 3 aliphatic rings. The van der Waals surface area contributed by atoms with Gasteiger partial charge in [-0.25, -0.2) is 0 Å². The number of hydrogen-bond donors (Lipinski definition) is 8.